The first-order valence-electron chi connectivity index (χ1n) is 10.3. The van der Waals surface area contributed by atoms with Gasteiger partial charge < -0.3 is 14.4 Å². The topological polar surface area (TPSA) is 59.1 Å². The van der Waals surface area contributed by atoms with Crippen LogP contribution in [0.4, 0.5) is 5.69 Å². The number of rotatable bonds is 5. The van der Waals surface area contributed by atoms with Gasteiger partial charge in [0.25, 0.3) is 11.8 Å². The fourth-order valence-corrected chi connectivity index (χ4v) is 4.53. The number of imide groups is 1. The van der Waals surface area contributed by atoms with Crippen LogP contribution in [0.25, 0.3) is 5.57 Å². The van der Waals surface area contributed by atoms with Crippen LogP contribution >= 0.6 is 11.6 Å². The van der Waals surface area contributed by atoms with Crippen LogP contribution in [0.3, 0.4) is 0 Å². The van der Waals surface area contributed by atoms with Crippen molar-refractivity contribution in [2.75, 3.05) is 32.2 Å². The number of carbonyl (C=O) groups is 2. The van der Waals surface area contributed by atoms with Crippen molar-refractivity contribution in [2.24, 2.45) is 5.92 Å². The Hall–Kier alpha value is -2.99. The normalized spacial score (nSPS) is 19.3. The number of hydrogen-bond donors (Lipinski definition) is 0. The Kier molecular flexibility index (Phi) is 5.92. The summed E-state index contributed by atoms with van der Waals surface area (Å²) in [5.41, 5.74) is 1.78. The van der Waals surface area contributed by atoms with Gasteiger partial charge in [-0.1, -0.05) is 36.7 Å². The summed E-state index contributed by atoms with van der Waals surface area (Å²) in [6, 6.07) is 12.2. The van der Waals surface area contributed by atoms with Gasteiger partial charge >= 0.3 is 0 Å². The molecule has 2 aromatic carbocycles. The first-order valence-corrected chi connectivity index (χ1v) is 10.7. The summed E-state index contributed by atoms with van der Waals surface area (Å²) < 4.78 is 10.8. The van der Waals surface area contributed by atoms with E-state index in [2.05, 4.69) is 6.92 Å². The van der Waals surface area contributed by atoms with Crippen LogP contribution in [-0.4, -0.2) is 44.0 Å². The summed E-state index contributed by atoms with van der Waals surface area (Å²) in [6.45, 7) is 3.61. The van der Waals surface area contributed by atoms with Gasteiger partial charge in [-0.2, -0.15) is 0 Å². The molecule has 0 aromatic heterocycles. The fraction of sp³-hybridized carbons (Fsp3) is 0.333. The quantitative estimate of drug-likeness (QED) is 0.646. The number of halogens is 1. The number of nitrogens with zero attached hydrogens (tertiary/aromatic N) is 2. The zero-order valence-corrected chi connectivity index (χ0v) is 18.6. The highest BCUT2D eigenvalue weighted by Crippen LogP contribution is 2.40. The molecule has 0 aliphatic carbocycles. The third-order valence-corrected chi connectivity index (χ3v) is 6.12. The van der Waals surface area contributed by atoms with Crippen molar-refractivity contribution in [3.8, 4) is 11.5 Å². The zero-order chi connectivity index (χ0) is 22.1. The van der Waals surface area contributed by atoms with Gasteiger partial charge in [-0.25, -0.2) is 4.90 Å². The van der Waals surface area contributed by atoms with E-state index in [1.807, 2.05) is 4.90 Å². The largest absolute Gasteiger partial charge is 0.493 e. The van der Waals surface area contributed by atoms with Crippen molar-refractivity contribution in [1.29, 1.82) is 0 Å². The van der Waals surface area contributed by atoms with Gasteiger partial charge in [0, 0.05) is 13.1 Å². The Morgan fingerprint density at radius 3 is 2.42 bits per heavy atom. The lowest BCUT2D eigenvalue weighted by Crippen LogP contribution is -2.39. The average Bonchev–Trinajstić information content (AvgIpc) is 3.03. The highest BCUT2D eigenvalue weighted by Gasteiger charge is 2.43. The van der Waals surface area contributed by atoms with Crippen LogP contribution in [0.15, 0.2) is 48.2 Å². The van der Waals surface area contributed by atoms with Crippen molar-refractivity contribution in [3.05, 3.63) is 58.7 Å². The Morgan fingerprint density at radius 2 is 1.74 bits per heavy atom. The van der Waals surface area contributed by atoms with E-state index in [0.717, 1.165) is 25.9 Å². The van der Waals surface area contributed by atoms with E-state index in [-0.39, 0.29) is 5.91 Å². The van der Waals surface area contributed by atoms with Gasteiger partial charge in [-0.15, -0.1) is 0 Å². The van der Waals surface area contributed by atoms with Crippen LogP contribution in [0.1, 0.15) is 25.3 Å². The molecular formula is C24H25ClN2O4. The van der Waals surface area contributed by atoms with E-state index in [1.165, 1.54) is 4.90 Å². The van der Waals surface area contributed by atoms with Gasteiger partial charge in [0.2, 0.25) is 0 Å². The summed E-state index contributed by atoms with van der Waals surface area (Å²) in [5.74, 6) is 0.746. The Morgan fingerprint density at radius 1 is 1.00 bits per heavy atom. The van der Waals surface area contributed by atoms with E-state index in [0.29, 0.717) is 45.0 Å². The molecule has 2 aromatic rings. The number of benzene rings is 2. The number of carbonyl (C=O) groups excluding carboxylic acids is 2. The molecule has 2 aliphatic rings. The molecule has 0 radical (unpaired) electrons. The molecule has 0 bridgehead atoms. The van der Waals surface area contributed by atoms with Crippen molar-refractivity contribution < 1.29 is 19.1 Å². The molecule has 0 N–H and O–H groups in total. The molecular weight excluding hydrogens is 416 g/mol. The number of likely N-dealkylation sites (tertiary alicyclic amines) is 1. The van der Waals surface area contributed by atoms with E-state index in [4.69, 9.17) is 21.1 Å². The molecule has 0 saturated carbocycles. The van der Waals surface area contributed by atoms with Crippen LogP contribution in [0.5, 0.6) is 11.5 Å². The molecule has 1 fully saturated rings. The monoisotopic (exact) mass is 440 g/mol. The lowest BCUT2D eigenvalue weighted by atomic mass is 9.97. The van der Waals surface area contributed by atoms with E-state index in [1.54, 1.807) is 56.7 Å². The van der Waals surface area contributed by atoms with Gasteiger partial charge in [-0.05, 0) is 48.6 Å². The van der Waals surface area contributed by atoms with Crippen molar-refractivity contribution in [1.82, 2.24) is 4.90 Å². The minimum atomic E-state index is -0.390. The summed E-state index contributed by atoms with van der Waals surface area (Å²) in [6.07, 6.45) is 2.07. The maximum atomic E-state index is 13.6. The third kappa shape index (κ3) is 3.76. The van der Waals surface area contributed by atoms with Gasteiger partial charge in [0.1, 0.15) is 5.70 Å². The average molecular weight is 441 g/mol. The lowest BCUT2D eigenvalue weighted by Gasteiger charge is -2.33. The predicted molar refractivity (Wildman–Crippen MR) is 120 cm³/mol. The highest BCUT2D eigenvalue weighted by molar-refractivity contribution is 6.47. The smallest absolute Gasteiger partial charge is 0.282 e. The van der Waals surface area contributed by atoms with Crippen molar-refractivity contribution in [2.45, 2.75) is 19.8 Å². The maximum absolute atomic E-state index is 13.6. The van der Waals surface area contributed by atoms with E-state index < -0.39 is 5.91 Å². The number of hydrogen-bond acceptors (Lipinski definition) is 5. The fourth-order valence-electron chi connectivity index (χ4n) is 4.31. The molecule has 2 amide bonds. The summed E-state index contributed by atoms with van der Waals surface area (Å²) in [5, 5.41) is 0.351. The molecule has 4 rings (SSSR count). The molecule has 0 spiro atoms. The highest BCUT2D eigenvalue weighted by atomic mass is 35.5. The van der Waals surface area contributed by atoms with Crippen LogP contribution < -0.4 is 14.4 Å². The van der Waals surface area contributed by atoms with Gasteiger partial charge in [-0.3, -0.25) is 9.59 Å². The van der Waals surface area contributed by atoms with Crippen molar-refractivity contribution >= 4 is 34.7 Å². The molecule has 162 valence electrons. The maximum Gasteiger partial charge on any atom is 0.282 e. The third-order valence-electron chi connectivity index (χ3n) is 5.80. The van der Waals surface area contributed by atoms with Crippen LogP contribution in [-0.2, 0) is 9.59 Å². The van der Waals surface area contributed by atoms with E-state index in [9.17, 15) is 9.59 Å². The molecule has 6 nitrogen and oxygen atoms in total. The first-order chi connectivity index (χ1) is 15.0. The molecule has 31 heavy (non-hydrogen) atoms. The number of methoxy groups -OCH3 is 2. The van der Waals surface area contributed by atoms with Gasteiger partial charge in [0.15, 0.2) is 11.5 Å². The Labute approximate surface area is 187 Å². The minimum absolute atomic E-state index is 0.350. The molecule has 7 heteroatoms. The number of para-hydroxylation sites is 1. The molecule has 1 saturated heterocycles. The number of ether oxygens (including phenoxy) is 2. The molecule has 2 heterocycles. The Bertz CT molecular complexity index is 1070. The SMILES string of the molecule is COc1ccc(C2=C(N3CCCC(C)C3)C(=O)N(c3ccccc3Cl)C2=O)cc1OC. The lowest BCUT2D eigenvalue weighted by molar-refractivity contribution is -0.120. The standard InChI is InChI=1S/C24H25ClN2O4/c1-15-7-6-12-26(14-15)22-21(16-10-11-19(30-2)20(13-16)31-3)23(28)27(24(22)29)18-9-5-4-8-17(18)25/h4-5,8-11,13,15H,6-7,12,14H2,1-3H3. The minimum Gasteiger partial charge on any atom is -0.493 e. The van der Waals surface area contributed by atoms with E-state index >= 15 is 0 Å². The number of anilines is 1. The summed E-state index contributed by atoms with van der Waals surface area (Å²) >= 11 is 6.36. The second kappa shape index (κ2) is 8.63. The van der Waals surface area contributed by atoms with Crippen LogP contribution in [0.2, 0.25) is 5.02 Å². The van der Waals surface area contributed by atoms with Gasteiger partial charge in [0.05, 0.1) is 30.5 Å². The molecule has 1 atom stereocenters. The Balaban J connectivity index is 1.87. The van der Waals surface area contributed by atoms with Crippen molar-refractivity contribution in [3.63, 3.8) is 0 Å². The molecule has 1 unspecified atom stereocenters. The first kappa shape index (κ1) is 21.2. The number of amides is 2. The molecule has 2 aliphatic heterocycles. The number of piperidine rings is 1. The second-order valence-electron chi connectivity index (χ2n) is 7.88. The second-order valence-corrected chi connectivity index (χ2v) is 8.29. The predicted octanol–water partition coefficient (Wildman–Crippen LogP) is 4.37. The summed E-state index contributed by atoms with van der Waals surface area (Å²) in [4.78, 5) is 30.5. The van der Waals surface area contributed by atoms with Crippen LogP contribution in [0, 0.1) is 5.92 Å². The zero-order valence-electron chi connectivity index (χ0n) is 17.9. The summed E-state index contributed by atoms with van der Waals surface area (Å²) in [7, 11) is 3.10.